The summed E-state index contributed by atoms with van der Waals surface area (Å²) < 4.78 is 2.25. The van der Waals surface area contributed by atoms with Crippen LogP contribution < -0.4 is 5.73 Å². The Balaban J connectivity index is 0.000000203. The monoisotopic (exact) mass is 246 g/mol. The van der Waals surface area contributed by atoms with E-state index in [1.54, 1.807) is 0 Å². The second-order valence-electron chi connectivity index (χ2n) is 5.27. The first kappa shape index (κ1) is 14.8. The van der Waals surface area contributed by atoms with E-state index in [4.69, 9.17) is 5.73 Å². The van der Waals surface area contributed by atoms with Gasteiger partial charge in [0.2, 0.25) is 0 Å². The van der Waals surface area contributed by atoms with Gasteiger partial charge in [-0.25, -0.2) is 0 Å². The molecule has 2 aromatic rings. The van der Waals surface area contributed by atoms with Crippen molar-refractivity contribution in [3.8, 4) is 0 Å². The Morgan fingerprint density at radius 3 is 2.28 bits per heavy atom. The molecule has 1 atom stereocenters. The number of aryl methyl sites for hydroxylation is 1. The summed E-state index contributed by atoms with van der Waals surface area (Å²) in [5, 5.41) is 1.33. The van der Waals surface area contributed by atoms with Gasteiger partial charge in [-0.15, -0.1) is 0 Å². The second kappa shape index (κ2) is 7.22. The summed E-state index contributed by atoms with van der Waals surface area (Å²) >= 11 is 0. The van der Waals surface area contributed by atoms with Crippen molar-refractivity contribution < 1.29 is 0 Å². The van der Waals surface area contributed by atoms with Gasteiger partial charge in [-0.1, -0.05) is 32.0 Å². The zero-order valence-corrected chi connectivity index (χ0v) is 12.1. The molecule has 1 aromatic heterocycles. The second-order valence-corrected chi connectivity index (χ2v) is 5.27. The van der Waals surface area contributed by atoms with E-state index in [1.807, 2.05) is 6.92 Å². The van der Waals surface area contributed by atoms with Crippen molar-refractivity contribution in [1.29, 1.82) is 0 Å². The van der Waals surface area contributed by atoms with E-state index >= 15 is 0 Å². The van der Waals surface area contributed by atoms with Crippen LogP contribution >= 0.6 is 0 Å². The predicted molar refractivity (Wildman–Crippen MR) is 80.7 cm³/mol. The molecule has 2 heteroatoms. The fourth-order valence-electron chi connectivity index (χ4n) is 2.16. The van der Waals surface area contributed by atoms with Gasteiger partial charge >= 0.3 is 0 Å². The van der Waals surface area contributed by atoms with E-state index in [1.165, 1.54) is 10.9 Å². The van der Waals surface area contributed by atoms with Crippen LogP contribution in [-0.4, -0.2) is 10.6 Å². The number of fused-ring (bicyclic) bond motifs is 1. The number of hydrogen-bond donors (Lipinski definition) is 1. The Morgan fingerprint density at radius 1 is 1.11 bits per heavy atom. The summed E-state index contributed by atoms with van der Waals surface area (Å²) in [6.07, 6.45) is 3.27. The number of nitrogens with two attached hydrogens (primary N) is 1. The SMILES string of the molecule is CC(C)CC(C)N.CCn1ccc2ccccc21. The molecular weight excluding hydrogens is 220 g/mol. The quantitative estimate of drug-likeness (QED) is 0.870. The van der Waals surface area contributed by atoms with Crippen LogP contribution in [0.4, 0.5) is 0 Å². The summed E-state index contributed by atoms with van der Waals surface area (Å²) in [6.45, 7) is 9.62. The van der Waals surface area contributed by atoms with Gasteiger partial charge in [-0.05, 0) is 43.7 Å². The van der Waals surface area contributed by atoms with Gasteiger partial charge in [0.15, 0.2) is 0 Å². The molecule has 0 bridgehead atoms. The first-order valence-corrected chi connectivity index (χ1v) is 6.84. The highest BCUT2D eigenvalue weighted by Gasteiger charge is 1.96. The molecular formula is C16H26N2. The van der Waals surface area contributed by atoms with E-state index in [0.717, 1.165) is 18.9 Å². The lowest BCUT2D eigenvalue weighted by atomic mass is 10.1. The van der Waals surface area contributed by atoms with Gasteiger partial charge in [0, 0.05) is 24.3 Å². The van der Waals surface area contributed by atoms with Crippen LogP contribution in [0, 0.1) is 5.92 Å². The van der Waals surface area contributed by atoms with E-state index in [9.17, 15) is 0 Å². The van der Waals surface area contributed by atoms with Crippen molar-refractivity contribution in [2.75, 3.05) is 0 Å². The maximum atomic E-state index is 5.49. The number of hydrogen-bond acceptors (Lipinski definition) is 1. The van der Waals surface area contributed by atoms with Crippen LogP contribution in [0.5, 0.6) is 0 Å². The van der Waals surface area contributed by atoms with Crippen molar-refractivity contribution in [1.82, 2.24) is 4.57 Å². The van der Waals surface area contributed by atoms with Crippen molar-refractivity contribution in [2.45, 2.75) is 46.7 Å². The van der Waals surface area contributed by atoms with Gasteiger partial charge in [0.1, 0.15) is 0 Å². The Morgan fingerprint density at radius 2 is 1.78 bits per heavy atom. The topological polar surface area (TPSA) is 30.9 Å². The third-order valence-electron chi connectivity index (χ3n) is 2.86. The van der Waals surface area contributed by atoms with Crippen LogP contribution in [0.3, 0.4) is 0 Å². The van der Waals surface area contributed by atoms with Crippen molar-refractivity contribution in [3.05, 3.63) is 36.5 Å². The molecule has 0 radical (unpaired) electrons. The molecule has 0 aliphatic carbocycles. The normalized spacial score (nSPS) is 12.3. The average Bonchev–Trinajstić information content (AvgIpc) is 2.70. The van der Waals surface area contributed by atoms with Gasteiger partial charge in [0.05, 0.1) is 0 Å². The largest absolute Gasteiger partial charge is 0.348 e. The average molecular weight is 246 g/mol. The summed E-state index contributed by atoms with van der Waals surface area (Å²) in [6, 6.07) is 11.0. The predicted octanol–water partition coefficient (Wildman–Crippen LogP) is 4.04. The molecule has 1 aromatic carbocycles. The highest BCUT2D eigenvalue weighted by molar-refractivity contribution is 5.79. The molecule has 2 nitrogen and oxygen atoms in total. The van der Waals surface area contributed by atoms with Crippen LogP contribution in [0.1, 0.15) is 34.1 Å². The third kappa shape index (κ3) is 4.53. The van der Waals surface area contributed by atoms with E-state index in [0.29, 0.717) is 6.04 Å². The zero-order chi connectivity index (χ0) is 13.5. The number of para-hydroxylation sites is 1. The molecule has 0 saturated carbocycles. The van der Waals surface area contributed by atoms with E-state index in [2.05, 4.69) is 61.9 Å². The first-order valence-electron chi connectivity index (χ1n) is 6.84. The first-order chi connectivity index (χ1) is 8.54. The maximum absolute atomic E-state index is 5.49. The summed E-state index contributed by atoms with van der Waals surface area (Å²) in [4.78, 5) is 0. The van der Waals surface area contributed by atoms with Crippen LogP contribution in [0.2, 0.25) is 0 Å². The van der Waals surface area contributed by atoms with Gasteiger partial charge in [-0.2, -0.15) is 0 Å². The molecule has 100 valence electrons. The molecule has 2 N–H and O–H groups in total. The summed E-state index contributed by atoms with van der Waals surface area (Å²) in [5.74, 6) is 0.750. The molecule has 0 fully saturated rings. The lowest BCUT2D eigenvalue weighted by Gasteiger charge is -2.05. The molecule has 0 aliphatic rings. The molecule has 18 heavy (non-hydrogen) atoms. The minimum Gasteiger partial charge on any atom is -0.348 e. The minimum absolute atomic E-state index is 0.375. The fourth-order valence-corrected chi connectivity index (χ4v) is 2.16. The molecule has 0 saturated heterocycles. The highest BCUT2D eigenvalue weighted by atomic mass is 14.9. The maximum Gasteiger partial charge on any atom is 0.0480 e. The van der Waals surface area contributed by atoms with E-state index < -0.39 is 0 Å². The van der Waals surface area contributed by atoms with Crippen LogP contribution in [0.25, 0.3) is 10.9 Å². The fraction of sp³-hybridized carbons (Fsp3) is 0.500. The van der Waals surface area contributed by atoms with Crippen molar-refractivity contribution >= 4 is 10.9 Å². The lowest BCUT2D eigenvalue weighted by Crippen LogP contribution is -2.16. The molecule has 1 heterocycles. The molecule has 0 aliphatic heterocycles. The van der Waals surface area contributed by atoms with Crippen molar-refractivity contribution in [3.63, 3.8) is 0 Å². The number of benzene rings is 1. The molecule has 0 spiro atoms. The number of rotatable bonds is 3. The third-order valence-corrected chi connectivity index (χ3v) is 2.86. The molecule has 1 unspecified atom stereocenters. The number of aromatic nitrogens is 1. The number of nitrogens with zero attached hydrogens (tertiary/aromatic N) is 1. The Hall–Kier alpha value is -1.28. The van der Waals surface area contributed by atoms with Crippen LogP contribution in [-0.2, 0) is 6.54 Å². The minimum atomic E-state index is 0.375. The zero-order valence-electron chi connectivity index (χ0n) is 12.1. The molecule has 2 rings (SSSR count). The van der Waals surface area contributed by atoms with E-state index in [-0.39, 0.29) is 0 Å². The van der Waals surface area contributed by atoms with Gasteiger partial charge < -0.3 is 10.3 Å². The Kier molecular flexibility index (Phi) is 5.93. The Labute approximate surface area is 111 Å². The Bertz CT molecular complexity index is 449. The highest BCUT2D eigenvalue weighted by Crippen LogP contribution is 2.14. The smallest absolute Gasteiger partial charge is 0.0480 e. The van der Waals surface area contributed by atoms with Crippen molar-refractivity contribution in [2.24, 2.45) is 11.7 Å². The summed E-state index contributed by atoms with van der Waals surface area (Å²) in [5.41, 5.74) is 6.82. The molecule has 0 amide bonds. The summed E-state index contributed by atoms with van der Waals surface area (Å²) in [7, 11) is 0. The van der Waals surface area contributed by atoms with Crippen LogP contribution in [0.15, 0.2) is 36.5 Å². The van der Waals surface area contributed by atoms with Gasteiger partial charge in [-0.3, -0.25) is 0 Å². The van der Waals surface area contributed by atoms with Gasteiger partial charge in [0.25, 0.3) is 0 Å². The standard InChI is InChI=1S/C10H11N.C6H15N/c1-2-11-8-7-9-5-3-4-6-10(9)11;1-5(2)4-6(3)7/h3-8H,2H2,1H3;5-6H,4,7H2,1-3H3. The lowest BCUT2D eigenvalue weighted by molar-refractivity contribution is 0.520.